The van der Waals surface area contributed by atoms with E-state index in [0.29, 0.717) is 12.1 Å². The summed E-state index contributed by atoms with van der Waals surface area (Å²) in [7, 11) is -7.66. The Hall–Kier alpha value is -3.65. The van der Waals surface area contributed by atoms with Gasteiger partial charge >= 0.3 is 0 Å². The number of nitro benzene ring substituents is 1. The maximum Gasteiger partial charge on any atom is 0.269 e. The summed E-state index contributed by atoms with van der Waals surface area (Å²) >= 11 is 0. The van der Waals surface area contributed by atoms with Gasteiger partial charge < -0.3 is 5.32 Å². The summed E-state index contributed by atoms with van der Waals surface area (Å²) in [6.07, 6.45) is 0.357. The summed E-state index contributed by atoms with van der Waals surface area (Å²) in [6.45, 7) is 0.0313. The summed E-state index contributed by atoms with van der Waals surface area (Å²) in [4.78, 5) is 22.1. The number of hydrogen-bond acceptors (Lipinski definition) is 7. The molecule has 0 saturated heterocycles. The lowest BCUT2D eigenvalue weighted by Crippen LogP contribution is -2.28. The zero-order chi connectivity index (χ0) is 26.2. The molecule has 0 atom stereocenters. The van der Waals surface area contributed by atoms with Crippen molar-refractivity contribution in [2.45, 2.75) is 22.6 Å². The minimum absolute atomic E-state index is 0.0458. The predicted molar refractivity (Wildman–Crippen MR) is 133 cm³/mol. The van der Waals surface area contributed by atoms with E-state index in [0.717, 1.165) is 29.8 Å². The Morgan fingerprint density at radius 2 is 1.28 bits per heavy atom. The monoisotopic (exact) mass is 532 g/mol. The van der Waals surface area contributed by atoms with Crippen LogP contribution in [0.25, 0.3) is 0 Å². The highest BCUT2D eigenvalue weighted by Crippen LogP contribution is 2.16. The first kappa shape index (κ1) is 26.9. The van der Waals surface area contributed by atoms with E-state index in [9.17, 15) is 31.7 Å². The Balaban J connectivity index is 1.47. The van der Waals surface area contributed by atoms with Crippen LogP contribution in [0.3, 0.4) is 0 Å². The van der Waals surface area contributed by atoms with Gasteiger partial charge in [0.25, 0.3) is 5.69 Å². The number of carbonyl (C=O) groups excluding carboxylic acids is 1. The van der Waals surface area contributed by atoms with Gasteiger partial charge in [-0.2, -0.15) is 0 Å². The van der Waals surface area contributed by atoms with Gasteiger partial charge in [0.15, 0.2) is 0 Å². The minimum atomic E-state index is -3.95. The lowest BCUT2D eigenvalue weighted by molar-refractivity contribution is -0.384. The summed E-state index contributed by atoms with van der Waals surface area (Å²) in [6, 6.07) is 19.4. The van der Waals surface area contributed by atoms with Crippen molar-refractivity contribution in [3.8, 4) is 0 Å². The van der Waals surface area contributed by atoms with Gasteiger partial charge in [-0.05, 0) is 48.4 Å². The highest BCUT2D eigenvalue weighted by atomic mass is 32.2. The van der Waals surface area contributed by atoms with E-state index in [1.165, 1.54) is 24.3 Å². The molecule has 190 valence electrons. The molecule has 1 amide bonds. The van der Waals surface area contributed by atoms with Crippen molar-refractivity contribution in [3.63, 3.8) is 0 Å². The first-order chi connectivity index (χ1) is 17.1. The van der Waals surface area contributed by atoms with E-state index < -0.39 is 30.9 Å². The quantitative estimate of drug-likeness (QED) is 0.238. The number of benzene rings is 3. The number of hydrogen-bond donors (Lipinski definition) is 3. The largest absolute Gasteiger partial charge is 0.326 e. The number of nitro groups is 1. The zero-order valence-electron chi connectivity index (χ0n) is 19.0. The predicted octanol–water partition coefficient (Wildman–Crippen LogP) is 2.42. The molecule has 0 aliphatic heterocycles. The molecule has 0 fully saturated rings. The van der Waals surface area contributed by atoms with Crippen LogP contribution in [0.2, 0.25) is 0 Å². The fourth-order valence-electron chi connectivity index (χ4n) is 3.13. The molecule has 0 heterocycles. The second kappa shape index (κ2) is 11.9. The van der Waals surface area contributed by atoms with Gasteiger partial charge in [0.1, 0.15) is 0 Å². The van der Waals surface area contributed by atoms with Gasteiger partial charge in [0, 0.05) is 37.3 Å². The Morgan fingerprint density at radius 3 is 1.83 bits per heavy atom. The number of nitrogens with zero attached hydrogens (tertiary/aromatic N) is 1. The van der Waals surface area contributed by atoms with Crippen LogP contribution in [-0.4, -0.2) is 40.8 Å². The number of carbonyl (C=O) groups is 1. The highest BCUT2D eigenvalue weighted by molar-refractivity contribution is 7.89. The smallest absolute Gasteiger partial charge is 0.269 e. The molecular formula is C23H24N4O7S2. The highest BCUT2D eigenvalue weighted by Gasteiger charge is 2.17. The second-order valence-corrected chi connectivity index (χ2v) is 11.1. The Kier molecular flexibility index (Phi) is 8.88. The van der Waals surface area contributed by atoms with E-state index in [1.807, 2.05) is 30.3 Å². The molecule has 3 rings (SSSR count). The van der Waals surface area contributed by atoms with Gasteiger partial charge in [-0.15, -0.1) is 0 Å². The third kappa shape index (κ3) is 7.68. The van der Waals surface area contributed by atoms with Crippen molar-refractivity contribution in [1.82, 2.24) is 9.44 Å². The second-order valence-electron chi connectivity index (χ2n) is 7.60. The summed E-state index contributed by atoms with van der Waals surface area (Å²) < 4.78 is 54.2. The van der Waals surface area contributed by atoms with Crippen LogP contribution in [0.5, 0.6) is 0 Å². The van der Waals surface area contributed by atoms with Gasteiger partial charge in [0.05, 0.1) is 14.7 Å². The maximum atomic E-state index is 12.5. The van der Waals surface area contributed by atoms with Crippen molar-refractivity contribution in [1.29, 1.82) is 0 Å². The van der Waals surface area contributed by atoms with E-state index >= 15 is 0 Å². The maximum absolute atomic E-state index is 12.5. The van der Waals surface area contributed by atoms with Crippen LogP contribution in [0, 0.1) is 10.1 Å². The van der Waals surface area contributed by atoms with Gasteiger partial charge in [0.2, 0.25) is 26.0 Å². The first-order valence-electron chi connectivity index (χ1n) is 10.7. The molecule has 3 aromatic carbocycles. The average molecular weight is 533 g/mol. The van der Waals surface area contributed by atoms with Crippen molar-refractivity contribution < 1.29 is 26.6 Å². The molecule has 13 heteroatoms. The molecule has 0 bridgehead atoms. The topological polar surface area (TPSA) is 165 Å². The van der Waals surface area contributed by atoms with Crippen LogP contribution in [0.1, 0.15) is 12.0 Å². The SMILES string of the molecule is O=C(CCNS(=O)(=O)c1ccc([N+](=O)[O-])cc1)Nc1ccc(S(=O)(=O)NCCc2ccccc2)cc1. The van der Waals surface area contributed by atoms with Crippen LogP contribution in [0.15, 0.2) is 88.7 Å². The zero-order valence-corrected chi connectivity index (χ0v) is 20.6. The van der Waals surface area contributed by atoms with Crippen molar-refractivity contribution in [2.24, 2.45) is 0 Å². The van der Waals surface area contributed by atoms with E-state index in [-0.39, 0.29) is 35.0 Å². The molecular weight excluding hydrogens is 508 g/mol. The fourth-order valence-corrected chi connectivity index (χ4v) is 5.19. The molecule has 0 spiro atoms. The molecule has 0 saturated carbocycles. The van der Waals surface area contributed by atoms with Crippen molar-refractivity contribution >= 4 is 37.3 Å². The number of non-ortho nitro benzene ring substituents is 1. The lowest BCUT2D eigenvalue weighted by Gasteiger charge is -2.09. The molecule has 0 aliphatic rings. The normalized spacial score (nSPS) is 11.7. The van der Waals surface area contributed by atoms with Crippen LogP contribution < -0.4 is 14.8 Å². The van der Waals surface area contributed by atoms with Crippen LogP contribution >= 0.6 is 0 Å². The summed E-state index contributed by atoms with van der Waals surface area (Å²) in [5, 5.41) is 13.2. The molecule has 3 N–H and O–H groups in total. The summed E-state index contributed by atoms with van der Waals surface area (Å²) in [5.74, 6) is -0.488. The standard InChI is InChI=1S/C23H24N4O7S2/c28-23(15-17-25-36(33,34)22-12-8-20(9-13-22)27(29)30)26-19-6-10-21(11-7-19)35(31,32)24-16-14-18-4-2-1-3-5-18/h1-13,24-25H,14-17H2,(H,26,28). The number of rotatable bonds is 12. The molecule has 0 aromatic heterocycles. The molecule has 0 aliphatic carbocycles. The Morgan fingerprint density at radius 1 is 0.750 bits per heavy atom. The summed E-state index contributed by atoms with van der Waals surface area (Å²) in [5.41, 5.74) is 1.12. The van der Waals surface area contributed by atoms with Crippen LogP contribution in [-0.2, 0) is 31.3 Å². The number of nitrogens with one attached hydrogen (secondary N) is 3. The van der Waals surface area contributed by atoms with Crippen molar-refractivity contribution in [2.75, 3.05) is 18.4 Å². The third-order valence-corrected chi connectivity index (χ3v) is 7.95. The van der Waals surface area contributed by atoms with Crippen LogP contribution in [0.4, 0.5) is 11.4 Å². The molecule has 11 nitrogen and oxygen atoms in total. The number of amides is 1. The molecule has 0 unspecified atom stereocenters. The third-order valence-electron chi connectivity index (χ3n) is 5.00. The van der Waals surface area contributed by atoms with Crippen molar-refractivity contribution in [3.05, 3.63) is 94.5 Å². The fraction of sp³-hybridized carbons (Fsp3) is 0.174. The molecule has 36 heavy (non-hydrogen) atoms. The van der Waals surface area contributed by atoms with E-state index in [2.05, 4.69) is 14.8 Å². The van der Waals surface area contributed by atoms with Gasteiger partial charge in [-0.1, -0.05) is 30.3 Å². The Labute approximate surface area is 208 Å². The van der Waals surface area contributed by atoms with E-state index in [1.54, 1.807) is 0 Å². The molecule has 3 aromatic rings. The first-order valence-corrected chi connectivity index (χ1v) is 13.7. The number of anilines is 1. The average Bonchev–Trinajstić information content (AvgIpc) is 2.85. The van der Waals surface area contributed by atoms with Gasteiger partial charge in [-0.3, -0.25) is 14.9 Å². The number of sulfonamides is 2. The molecule has 0 radical (unpaired) electrons. The van der Waals surface area contributed by atoms with E-state index in [4.69, 9.17) is 0 Å². The Bertz CT molecular complexity index is 1410. The van der Waals surface area contributed by atoms with Gasteiger partial charge in [-0.25, -0.2) is 26.3 Å². The lowest BCUT2D eigenvalue weighted by atomic mass is 10.2. The minimum Gasteiger partial charge on any atom is -0.326 e.